The van der Waals surface area contributed by atoms with Crippen molar-refractivity contribution in [1.29, 1.82) is 0 Å². The van der Waals surface area contributed by atoms with E-state index in [4.69, 9.17) is 0 Å². The summed E-state index contributed by atoms with van der Waals surface area (Å²) in [7, 11) is 0. The highest BCUT2D eigenvalue weighted by molar-refractivity contribution is 5.94. The molecule has 0 aliphatic heterocycles. The third-order valence-corrected chi connectivity index (χ3v) is 4.03. The number of hydrogen-bond donors (Lipinski definition) is 3. The molecule has 2 rings (SSSR count). The van der Waals surface area contributed by atoms with Gasteiger partial charge in [-0.05, 0) is 50.3 Å². The number of quaternary nitrogens is 1. The molecule has 0 heterocycles. The molecule has 1 saturated carbocycles. The van der Waals surface area contributed by atoms with Crippen LogP contribution in [0.1, 0.15) is 37.7 Å². The third kappa shape index (κ3) is 5.85. The van der Waals surface area contributed by atoms with Gasteiger partial charge in [-0.15, -0.1) is 0 Å². The fourth-order valence-electron chi connectivity index (χ4n) is 2.82. The van der Waals surface area contributed by atoms with Gasteiger partial charge in [0.05, 0.1) is 12.6 Å². The zero-order valence-corrected chi connectivity index (χ0v) is 13.2. The molecule has 0 bridgehead atoms. The van der Waals surface area contributed by atoms with Crippen LogP contribution in [-0.4, -0.2) is 30.9 Å². The number of nitrogens with one attached hydrogen (secondary N) is 2. The summed E-state index contributed by atoms with van der Waals surface area (Å²) >= 11 is 0. The molecule has 2 amide bonds. The third-order valence-electron chi connectivity index (χ3n) is 4.03. The SMILES string of the molecule is Cc1cccc(NC(=O)CNC(=O)C[NH2+]C2CCCCC2)c1. The number of nitrogens with two attached hydrogens (primary N) is 1. The minimum atomic E-state index is -0.198. The van der Waals surface area contributed by atoms with E-state index in [1.54, 1.807) is 0 Å². The maximum atomic E-state index is 11.8. The van der Waals surface area contributed by atoms with Gasteiger partial charge in [-0.25, -0.2) is 0 Å². The van der Waals surface area contributed by atoms with Gasteiger partial charge in [0.1, 0.15) is 0 Å². The molecule has 120 valence electrons. The molecule has 1 aliphatic carbocycles. The van der Waals surface area contributed by atoms with E-state index in [9.17, 15) is 9.59 Å². The molecular weight excluding hydrogens is 278 g/mol. The second-order valence-electron chi connectivity index (χ2n) is 6.03. The number of amides is 2. The minimum Gasteiger partial charge on any atom is -0.342 e. The van der Waals surface area contributed by atoms with Crippen LogP contribution < -0.4 is 16.0 Å². The quantitative estimate of drug-likeness (QED) is 0.732. The van der Waals surface area contributed by atoms with E-state index in [2.05, 4.69) is 16.0 Å². The van der Waals surface area contributed by atoms with Crippen LogP contribution in [0.2, 0.25) is 0 Å². The van der Waals surface area contributed by atoms with Gasteiger partial charge >= 0.3 is 0 Å². The molecule has 0 radical (unpaired) electrons. The lowest BCUT2D eigenvalue weighted by atomic mass is 9.95. The van der Waals surface area contributed by atoms with Gasteiger partial charge in [0.2, 0.25) is 5.91 Å². The van der Waals surface area contributed by atoms with Gasteiger partial charge in [-0.2, -0.15) is 0 Å². The summed E-state index contributed by atoms with van der Waals surface area (Å²) in [5.74, 6) is -0.276. The standard InChI is InChI=1S/C17H25N3O2/c1-13-6-5-9-15(10-13)20-17(22)12-19-16(21)11-18-14-7-3-2-4-8-14/h5-6,9-10,14,18H,2-4,7-8,11-12H2,1H3,(H,19,21)(H,20,22)/p+1. The van der Waals surface area contributed by atoms with Crippen molar-refractivity contribution in [1.82, 2.24) is 5.32 Å². The summed E-state index contributed by atoms with van der Waals surface area (Å²) in [4.78, 5) is 23.6. The van der Waals surface area contributed by atoms with Gasteiger partial charge in [0.25, 0.3) is 5.91 Å². The van der Waals surface area contributed by atoms with E-state index in [1.807, 2.05) is 31.2 Å². The fourth-order valence-corrected chi connectivity index (χ4v) is 2.82. The fraction of sp³-hybridized carbons (Fsp3) is 0.529. The Balaban J connectivity index is 1.64. The van der Waals surface area contributed by atoms with Crippen molar-refractivity contribution in [3.05, 3.63) is 29.8 Å². The predicted molar refractivity (Wildman–Crippen MR) is 86.5 cm³/mol. The summed E-state index contributed by atoms with van der Waals surface area (Å²) in [5, 5.41) is 7.56. The molecule has 1 aliphatic rings. The van der Waals surface area contributed by atoms with E-state index >= 15 is 0 Å². The lowest BCUT2D eigenvalue weighted by Gasteiger charge is -2.19. The molecule has 5 heteroatoms. The van der Waals surface area contributed by atoms with Crippen molar-refractivity contribution in [3.8, 4) is 0 Å². The Morgan fingerprint density at radius 1 is 1.18 bits per heavy atom. The van der Waals surface area contributed by atoms with Gasteiger partial charge in [-0.3, -0.25) is 9.59 Å². The van der Waals surface area contributed by atoms with Crippen molar-refractivity contribution in [2.75, 3.05) is 18.4 Å². The van der Waals surface area contributed by atoms with E-state index in [-0.39, 0.29) is 18.4 Å². The largest absolute Gasteiger partial charge is 0.342 e. The van der Waals surface area contributed by atoms with Crippen LogP contribution in [0.25, 0.3) is 0 Å². The number of carbonyl (C=O) groups is 2. The molecule has 0 aromatic heterocycles. The molecule has 4 N–H and O–H groups in total. The summed E-state index contributed by atoms with van der Waals surface area (Å²) in [5.41, 5.74) is 1.84. The van der Waals surface area contributed by atoms with Crippen LogP contribution in [0.15, 0.2) is 24.3 Å². The van der Waals surface area contributed by atoms with Crippen LogP contribution in [0.5, 0.6) is 0 Å². The Bertz CT molecular complexity index is 510. The minimum absolute atomic E-state index is 0.0191. The van der Waals surface area contributed by atoms with E-state index < -0.39 is 0 Å². The lowest BCUT2D eigenvalue weighted by Crippen LogP contribution is -2.92. The predicted octanol–water partition coefficient (Wildman–Crippen LogP) is 0.946. The maximum absolute atomic E-state index is 11.8. The Kier molecular flexibility index (Phi) is 6.40. The van der Waals surface area contributed by atoms with E-state index in [0.717, 1.165) is 11.3 Å². The van der Waals surface area contributed by atoms with Crippen molar-refractivity contribution < 1.29 is 14.9 Å². The molecule has 1 aromatic rings. The number of rotatable bonds is 6. The molecule has 0 spiro atoms. The molecular formula is C17H26N3O2+. The average molecular weight is 304 g/mol. The normalized spacial score (nSPS) is 15.3. The zero-order chi connectivity index (χ0) is 15.8. The van der Waals surface area contributed by atoms with Crippen molar-refractivity contribution in [2.24, 2.45) is 0 Å². The highest BCUT2D eigenvalue weighted by Crippen LogP contribution is 2.14. The topological polar surface area (TPSA) is 74.8 Å². The molecule has 0 atom stereocenters. The Labute approximate surface area is 131 Å². The number of aryl methyl sites for hydroxylation is 1. The highest BCUT2D eigenvalue weighted by Gasteiger charge is 2.17. The first-order valence-corrected chi connectivity index (χ1v) is 8.10. The summed E-state index contributed by atoms with van der Waals surface area (Å²) < 4.78 is 0. The summed E-state index contributed by atoms with van der Waals surface area (Å²) in [6.07, 6.45) is 6.24. The second-order valence-corrected chi connectivity index (χ2v) is 6.03. The smallest absolute Gasteiger partial charge is 0.275 e. The number of benzene rings is 1. The van der Waals surface area contributed by atoms with Crippen LogP contribution in [0.3, 0.4) is 0 Å². The molecule has 5 nitrogen and oxygen atoms in total. The number of anilines is 1. The number of carbonyl (C=O) groups excluding carboxylic acids is 2. The Morgan fingerprint density at radius 3 is 2.68 bits per heavy atom. The van der Waals surface area contributed by atoms with Crippen molar-refractivity contribution in [2.45, 2.75) is 45.1 Å². The molecule has 1 aromatic carbocycles. The molecule has 1 fully saturated rings. The first-order chi connectivity index (χ1) is 10.6. The van der Waals surface area contributed by atoms with Crippen LogP contribution in [0, 0.1) is 6.92 Å². The molecule has 0 saturated heterocycles. The second kappa shape index (κ2) is 8.54. The Morgan fingerprint density at radius 2 is 1.95 bits per heavy atom. The number of hydrogen-bond acceptors (Lipinski definition) is 2. The van der Waals surface area contributed by atoms with Crippen molar-refractivity contribution in [3.63, 3.8) is 0 Å². The zero-order valence-electron chi connectivity index (χ0n) is 13.2. The van der Waals surface area contributed by atoms with E-state index in [1.165, 1.54) is 32.1 Å². The first kappa shape index (κ1) is 16.5. The van der Waals surface area contributed by atoms with Gasteiger partial charge < -0.3 is 16.0 Å². The first-order valence-electron chi connectivity index (χ1n) is 8.10. The summed E-state index contributed by atoms with van der Waals surface area (Å²) in [6.45, 7) is 2.40. The molecule has 22 heavy (non-hydrogen) atoms. The van der Waals surface area contributed by atoms with Crippen molar-refractivity contribution >= 4 is 17.5 Å². The van der Waals surface area contributed by atoms with Crippen LogP contribution >= 0.6 is 0 Å². The van der Waals surface area contributed by atoms with E-state index in [0.29, 0.717) is 12.6 Å². The highest BCUT2D eigenvalue weighted by atomic mass is 16.2. The van der Waals surface area contributed by atoms with Crippen LogP contribution in [-0.2, 0) is 9.59 Å². The summed E-state index contributed by atoms with van der Waals surface area (Å²) in [6, 6.07) is 8.17. The maximum Gasteiger partial charge on any atom is 0.275 e. The monoisotopic (exact) mass is 304 g/mol. The van der Waals surface area contributed by atoms with Gasteiger partial charge in [0, 0.05) is 5.69 Å². The molecule has 0 unspecified atom stereocenters. The lowest BCUT2D eigenvalue weighted by molar-refractivity contribution is -0.681. The average Bonchev–Trinajstić information content (AvgIpc) is 2.52. The van der Waals surface area contributed by atoms with Crippen LogP contribution in [0.4, 0.5) is 5.69 Å². The van der Waals surface area contributed by atoms with Gasteiger partial charge in [0.15, 0.2) is 6.54 Å². The Hall–Kier alpha value is -1.88. The van der Waals surface area contributed by atoms with Gasteiger partial charge in [-0.1, -0.05) is 18.6 Å².